The SMILES string of the molecule is C[C@@H](NC(=O)CN1CC=C(c2ccccc2)CC1)c1ccccc1Cl. The molecule has 2 aromatic rings. The number of nitrogens with zero attached hydrogens (tertiary/aromatic N) is 1. The van der Waals surface area contributed by atoms with E-state index < -0.39 is 0 Å². The Morgan fingerprint density at radius 1 is 1.16 bits per heavy atom. The maximum Gasteiger partial charge on any atom is 0.234 e. The van der Waals surface area contributed by atoms with E-state index in [0.717, 1.165) is 25.1 Å². The van der Waals surface area contributed by atoms with Crippen molar-refractivity contribution in [3.63, 3.8) is 0 Å². The van der Waals surface area contributed by atoms with Crippen LogP contribution in [0.1, 0.15) is 30.5 Å². The zero-order valence-corrected chi connectivity index (χ0v) is 15.2. The minimum atomic E-state index is -0.0959. The van der Waals surface area contributed by atoms with Crippen LogP contribution in [-0.4, -0.2) is 30.4 Å². The molecule has 0 aromatic heterocycles. The summed E-state index contributed by atoms with van der Waals surface area (Å²) in [5.74, 6) is 0.0315. The largest absolute Gasteiger partial charge is 0.348 e. The minimum absolute atomic E-state index is 0.0315. The number of nitrogens with one attached hydrogen (secondary N) is 1. The van der Waals surface area contributed by atoms with Gasteiger partial charge in [0.25, 0.3) is 0 Å². The first-order valence-electron chi connectivity index (χ1n) is 8.64. The second kappa shape index (κ2) is 8.32. The number of amides is 1. The zero-order valence-electron chi connectivity index (χ0n) is 14.4. The molecule has 4 heteroatoms. The van der Waals surface area contributed by atoms with Crippen LogP contribution in [0, 0.1) is 0 Å². The van der Waals surface area contributed by atoms with Crippen LogP contribution in [0.4, 0.5) is 0 Å². The number of rotatable bonds is 5. The molecule has 1 atom stereocenters. The Labute approximate surface area is 154 Å². The predicted octanol–water partition coefficient (Wildman–Crippen LogP) is 4.31. The van der Waals surface area contributed by atoms with E-state index in [1.165, 1.54) is 11.1 Å². The summed E-state index contributed by atoms with van der Waals surface area (Å²) in [5, 5.41) is 3.73. The highest BCUT2D eigenvalue weighted by atomic mass is 35.5. The summed E-state index contributed by atoms with van der Waals surface area (Å²) < 4.78 is 0. The first kappa shape index (κ1) is 17.7. The molecule has 1 aliphatic rings. The summed E-state index contributed by atoms with van der Waals surface area (Å²) in [6, 6.07) is 18.0. The van der Waals surface area contributed by atoms with Gasteiger partial charge in [-0.2, -0.15) is 0 Å². The van der Waals surface area contributed by atoms with Crippen molar-refractivity contribution in [3.8, 4) is 0 Å². The van der Waals surface area contributed by atoms with Gasteiger partial charge in [-0.3, -0.25) is 9.69 Å². The molecule has 130 valence electrons. The third kappa shape index (κ3) is 4.71. The van der Waals surface area contributed by atoms with Gasteiger partial charge in [-0.25, -0.2) is 0 Å². The van der Waals surface area contributed by atoms with Gasteiger partial charge in [0.2, 0.25) is 5.91 Å². The molecule has 1 aliphatic heterocycles. The van der Waals surface area contributed by atoms with Gasteiger partial charge in [-0.05, 0) is 36.1 Å². The topological polar surface area (TPSA) is 32.3 Å². The van der Waals surface area contributed by atoms with Crippen LogP contribution in [-0.2, 0) is 4.79 Å². The fourth-order valence-electron chi connectivity index (χ4n) is 3.16. The molecular formula is C21H23ClN2O. The van der Waals surface area contributed by atoms with Crippen LogP contribution in [0.25, 0.3) is 5.57 Å². The van der Waals surface area contributed by atoms with Crippen molar-refractivity contribution in [2.24, 2.45) is 0 Å². The molecular weight excluding hydrogens is 332 g/mol. The van der Waals surface area contributed by atoms with Crippen molar-refractivity contribution in [1.82, 2.24) is 10.2 Å². The summed E-state index contributed by atoms with van der Waals surface area (Å²) in [5.41, 5.74) is 3.59. The molecule has 1 amide bonds. The lowest BCUT2D eigenvalue weighted by atomic mass is 9.99. The first-order valence-corrected chi connectivity index (χ1v) is 9.02. The molecule has 0 saturated heterocycles. The average Bonchev–Trinajstić information content (AvgIpc) is 2.63. The molecule has 25 heavy (non-hydrogen) atoms. The Morgan fingerprint density at radius 2 is 1.88 bits per heavy atom. The highest BCUT2D eigenvalue weighted by molar-refractivity contribution is 6.31. The number of hydrogen-bond acceptors (Lipinski definition) is 2. The number of carbonyl (C=O) groups excluding carboxylic acids is 1. The molecule has 0 aliphatic carbocycles. The Hall–Kier alpha value is -2.10. The maximum absolute atomic E-state index is 12.3. The standard InChI is InChI=1S/C21H23ClN2O/c1-16(19-9-5-6-10-20(19)22)23-21(25)15-24-13-11-18(12-14-24)17-7-3-2-4-8-17/h2-11,16H,12-15H2,1H3,(H,23,25)/t16-/m1/s1. The van der Waals surface area contributed by atoms with Crippen LogP contribution in [0.3, 0.4) is 0 Å². The minimum Gasteiger partial charge on any atom is -0.348 e. The van der Waals surface area contributed by atoms with Gasteiger partial charge < -0.3 is 5.32 Å². The maximum atomic E-state index is 12.3. The van der Waals surface area contributed by atoms with Gasteiger partial charge in [-0.1, -0.05) is 66.2 Å². The summed E-state index contributed by atoms with van der Waals surface area (Å²) in [6.07, 6.45) is 3.20. The van der Waals surface area contributed by atoms with Crippen LogP contribution < -0.4 is 5.32 Å². The van der Waals surface area contributed by atoms with Crippen molar-refractivity contribution in [2.75, 3.05) is 19.6 Å². The third-order valence-electron chi connectivity index (χ3n) is 4.55. The molecule has 0 radical (unpaired) electrons. The lowest BCUT2D eigenvalue weighted by molar-refractivity contribution is -0.122. The molecule has 0 spiro atoms. The number of hydrogen-bond donors (Lipinski definition) is 1. The van der Waals surface area contributed by atoms with E-state index in [1.54, 1.807) is 0 Å². The molecule has 1 N–H and O–H groups in total. The molecule has 0 bridgehead atoms. The molecule has 0 unspecified atom stereocenters. The predicted molar refractivity (Wildman–Crippen MR) is 103 cm³/mol. The van der Waals surface area contributed by atoms with Crippen molar-refractivity contribution >= 4 is 23.1 Å². The number of carbonyl (C=O) groups is 1. The van der Waals surface area contributed by atoms with Crippen molar-refractivity contribution in [2.45, 2.75) is 19.4 Å². The molecule has 2 aromatic carbocycles. The van der Waals surface area contributed by atoms with Crippen LogP contribution in [0.2, 0.25) is 5.02 Å². The van der Waals surface area contributed by atoms with E-state index in [-0.39, 0.29) is 11.9 Å². The molecule has 3 nitrogen and oxygen atoms in total. The zero-order chi connectivity index (χ0) is 17.6. The lowest BCUT2D eigenvalue weighted by Crippen LogP contribution is -2.40. The summed E-state index contributed by atoms with van der Waals surface area (Å²) in [6.45, 7) is 4.07. The monoisotopic (exact) mass is 354 g/mol. The Balaban J connectivity index is 1.53. The van der Waals surface area contributed by atoms with Gasteiger partial charge in [-0.15, -0.1) is 0 Å². The average molecular weight is 355 g/mol. The fraction of sp³-hybridized carbons (Fsp3) is 0.286. The molecule has 0 fully saturated rings. The summed E-state index contributed by atoms with van der Waals surface area (Å²) >= 11 is 6.20. The fourth-order valence-corrected chi connectivity index (χ4v) is 3.46. The number of benzene rings is 2. The normalized spacial score (nSPS) is 16.2. The Bertz CT molecular complexity index is 758. The van der Waals surface area contributed by atoms with E-state index in [9.17, 15) is 4.79 Å². The Morgan fingerprint density at radius 3 is 2.56 bits per heavy atom. The van der Waals surface area contributed by atoms with E-state index in [0.29, 0.717) is 11.6 Å². The number of halogens is 1. The van der Waals surface area contributed by atoms with Crippen molar-refractivity contribution in [1.29, 1.82) is 0 Å². The highest BCUT2D eigenvalue weighted by Crippen LogP contribution is 2.23. The van der Waals surface area contributed by atoms with E-state index in [2.05, 4.69) is 40.6 Å². The first-order chi connectivity index (χ1) is 12.1. The third-order valence-corrected chi connectivity index (χ3v) is 4.90. The van der Waals surface area contributed by atoms with Gasteiger partial charge in [0.15, 0.2) is 0 Å². The lowest BCUT2D eigenvalue weighted by Gasteiger charge is -2.26. The van der Waals surface area contributed by atoms with Gasteiger partial charge >= 0.3 is 0 Å². The van der Waals surface area contributed by atoms with E-state index in [1.807, 2.05) is 37.3 Å². The highest BCUT2D eigenvalue weighted by Gasteiger charge is 2.17. The Kier molecular flexibility index (Phi) is 5.90. The second-order valence-electron chi connectivity index (χ2n) is 6.39. The van der Waals surface area contributed by atoms with Crippen molar-refractivity contribution in [3.05, 3.63) is 76.8 Å². The smallest absolute Gasteiger partial charge is 0.234 e. The van der Waals surface area contributed by atoms with Crippen LogP contribution in [0.5, 0.6) is 0 Å². The van der Waals surface area contributed by atoms with Crippen molar-refractivity contribution < 1.29 is 4.79 Å². The molecule has 3 rings (SSSR count). The summed E-state index contributed by atoms with van der Waals surface area (Å²) in [7, 11) is 0. The molecule has 1 heterocycles. The van der Waals surface area contributed by atoms with E-state index >= 15 is 0 Å². The van der Waals surface area contributed by atoms with Gasteiger partial charge in [0.05, 0.1) is 12.6 Å². The summed E-state index contributed by atoms with van der Waals surface area (Å²) in [4.78, 5) is 14.5. The second-order valence-corrected chi connectivity index (χ2v) is 6.80. The van der Waals surface area contributed by atoms with E-state index in [4.69, 9.17) is 11.6 Å². The molecule has 0 saturated carbocycles. The quantitative estimate of drug-likeness (QED) is 0.867. The van der Waals surface area contributed by atoms with Gasteiger partial charge in [0.1, 0.15) is 0 Å². The van der Waals surface area contributed by atoms with Gasteiger partial charge in [0, 0.05) is 18.1 Å². The van der Waals surface area contributed by atoms with Crippen LogP contribution >= 0.6 is 11.6 Å². The van der Waals surface area contributed by atoms with Crippen LogP contribution in [0.15, 0.2) is 60.7 Å².